The summed E-state index contributed by atoms with van der Waals surface area (Å²) in [6.45, 7) is 6.49. The number of hydrogen-bond donors (Lipinski definition) is 0. The maximum atomic E-state index is 13.2. The Labute approximate surface area is 121 Å². The number of hydrogen-bond acceptors (Lipinski definition) is 0. The van der Waals surface area contributed by atoms with Gasteiger partial charge in [0.15, 0.2) is 0 Å². The monoisotopic (exact) mass is 268 g/mol. The van der Waals surface area contributed by atoms with Crippen molar-refractivity contribution in [3.63, 3.8) is 0 Å². The second-order valence-corrected chi connectivity index (χ2v) is 5.03. The van der Waals surface area contributed by atoms with Gasteiger partial charge in [0.25, 0.3) is 0 Å². The molecule has 0 saturated carbocycles. The van der Waals surface area contributed by atoms with Crippen LogP contribution in [0.4, 0.5) is 4.39 Å². The Hall–Kier alpha value is -1.89. The zero-order chi connectivity index (χ0) is 14.5. The van der Waals surface area contributed by atoms with Crippen LogP contribution in [0.15, 0.2) is 54.1 Å². The standard InChI is InChI=1S/C19H21F/c1-4-14(3)19(16-10-12-17(20)13-11-16)18-9-7-6-8-15(18)5-2/h6-13H,4-5H2,1-3H3/b19-14+. The van der Waals surface area contributed by atoms with E-state index in [0.29, 0.717) is 0 Å². The van der Waals surface area contributed by atoms with Gasteiger partial charge in [-0.05, 0) is 54.2 Å². The lowest BCUT2D eigenvalue weighted by molar-refractivity contribution is 0.627. The maximum Gasteiger partial charge on any atom is 0.123 e. The Bertz CT molecular complexity index is 606. The van der Waals surface area contributed by atoms with Crippen LogP contribution in [0.5, 0.6) is 0 Å². The molecule has 0 saturated heterocycles. The minimum Gasteiger partial charge on any atom is -0.207 e. The molecule has 0 nitrogen and oxygen atoms in total. The van der Waals surface area contributed by atoms with Gasteiger partial charge in [-0.2, -0.15) is 0 Å². The van der Waals surface area contributed by atoms with Crippen molar-refractivity contribution in [2.45, 2.75) is 33.6 Å². The van der Waals surface area contributed by atoms with Crippen LogP contribution in [0, 0.1) is 5.82 Å². The molecule has 104 valence electrons. The van der Waals surface area contributed by atoms with Crippen molar-refractivity contribution >= 4 is 5.57 Å². The average molecular weight is 268 g/mol. The van der Waals surface area contributed by atoms with E-state index in [1.165, 1.54) is 34.4 Å². The molecule has 1 heteroatoms. The quantitative estimate of drug-likeness (QED) is 0.675. The van der Waals surface area contributed by atoms with Crippen LogP contribution in [0.3, 0.4) is 0 Å². The van der Waals surface area contributed by atoms with E-state index in [4.69, 9.17) is 0 Å². The van der Waals surface area contributed by atoms with Crippen molar-refractivity contribution < 1.29 is 4.39 Å². The fraction of sp³-hybridized carbons (Fsp3) is 0.263. The molecule has 2 aromatic carbocycles. The molecule has 0 fully saturated rings. The summed E-state index contributed by atoms with van der Waals surface area (Å²) in [7, 11) is 0. The summed E-state index contributed by atoms with van der Waals surface area (Å²) in [5.41, 5.74) is 6.26. The predicted molar refractivity (Wildman–Crippen MR) is 84.2 cm³/mol. The highest BCUT2D eigenvalue weighted by Crippen LogP contribution is 2.31. The number of rotatable bonds is 4. The van der Waals surface area contributed by atoms with Crippen molar-refractivity contribution in [1.82, 2.24) is 0 Å². The SMILES string of the molecule is CC/C(C)=C(\c1ccc(F)cc1)c1ccccc1CC. The molecule has 0 amide bonds. The molecule has 0 radical (unpaired) electrons. The lowest BCUT2D eigenvalue weighted by Gasteiger charge is -2.16. The summed E-state index contributed by atoms with van der Waals surface area (Å²) in [5.74, 6) is -0.189. The van der Waals surface area contributed by atoms with Crippen LogP contribution in [-0.4, -0.2) is 0 Å². The Morgan fingerprint density at radius 1 is 0.950 bits per heavy atom. The maximum absolute atomic E-state index is 13.2. The van der Waals surface area contributed by atoms with Crippen molar-refractivity contribution in [3.8, 4) is 0 Å². The van der Waals surface area contributed by atoms with Crippen LogP contribution in [0.1, 0.15) is 43.9 Å². The summed E-state index contributed by atoms with van der Waals surface area (Å²) in [6.07, 6.45) is 1.99. The van der Waals surface area contributed by atoms with Crippen molar-refractivity contribution in [2.24, 2.45) is 0 Å². The summed E-state index contributed by atoms with van der Waals surface area (Å²) in [5, 5.41) is 0. The van der Waals surface area contributed by atoms with Crippen LogP contribution in [-0.2, 0) is 6.42 Å². The number of allylic oxidation sites excluding steroid dienone is 1. The van der Waals surface area contributed by atoms with E-state index in [1.807, 2.05) is 12.1 Å². The zero-order valence-electron chi connectivity index (χ0n) is 12.4. The molecule has 0 bridgehead atoms. The fourth-order valence-electron chi connectivity index (χ4n) is 2.50. The Kier molecular flexibility index (Phi) is 4.73. The molecule has 20 heavy (non-hydrogen) atoms. The van der Waals surface area contributed by atoms with Gasteiger partial charge in [-0.1, -0.05) is 55.8 Å². The molecule has 0 atom stereocenters. The number of benzene rings is 2. The fourth-order valence-corrected chi connectivity index (χ4v) is 2.50. The lowest BCUT2D eigenvalue weighted by Crippen LogP contribution is -1.97. The molecule has 2 rings (SSSR count). The highest BCUT2D eigenvalue weighted by molar-refractivity contribution is 5.83. The van der Waals surface area contributed by atoms with Gasteiger partial charge in [0.1, 0.15) is 5.82 Å². The molecule has 0 aliphatic carbocycles. The van der Waals surface area contributed by atoms with Crippen molar-refractivity contribution in [3.05, 3.63) is 76.6 Å². The van der Waals surface area contributed by atoms with Crippen LogP contribution in [0.25, 0.3) is 5.57 Å². The van der Waals surface area contributed by atoms with Gasteiger partial charge < -0.3 is 0 Å². The Morgan fingerprint density at radius 2 is 1.60 bits per heavy atom. The van der Waals surface area contributed by atoms with Crippen LogP contribution in [0.2, 0.25) is 0 Å². The second-order valence-electron chi connectivity index (χ2n) is 5.03. The van der Waals surface area contributed by atoms with Gasteiger partial charge in [-0.15, -0.1) is 0 Å². The van der Waals surface area contributed by atoms with Gasteiger partial charge in [0.2, 0.25) is 0 Å². The van der Waals surface area contributed by atoms with E-state index >= 15 is 0 Å². The molecule has 0 heterocycles. The van der Waals surface area contributed by atoms with E-state index in [0.717, 1.165) is 18.4 Å². The van der Waals surface area contributed by atoms with E-state index in [2.05, 4.69) is 45.0 Å². The molecular weight excluding hydrogens is 247 g/mol. The Balaban J connectivity index is 2.63. The first kappa shape index (κ1) is 14.5. The first-order valence-electron chi connectivity index (χ1n) is 7.21. The lowest BCUT2D eigenvalue weighted by atomic mass is 9.89. The zero-order valence-corrected chi connectivity index (χ0v) is 12.4. The summed E-state index contributed by atoms with van der Waals surface area (Å²) >= 11 is 0. The third-order valence-electron chi connectivity index (χ3n) is 3.76. The topological polar surface area (TPSA) is 0 Å². The number of halogens is 1. The largest absolute Gasteiger partial charge is 0.207 e. The van der Waals surface area contributed by atoms with Gasteiger partial charge in [-0.25, -0.2) is 4.39 Å². The van der Waals surface area contributed by atoms with Gasteiger partial charge in [0.05, 0.1) is 0 Å². The van der Waals surface area contributed by atoms with Crippen LogP contribution < -0.4 is 0 Å². The molecule has 0 spiro atoms. The highest BCUT2D eigenvalue weighted by atomic mass is 19.1. The Morgan fingerprint density at radius 3 is 2.20 bits per heavy atom. The molecule has 2 aromatic rings. The molecule has 0 aromatic heterocycles. The summed E-state index contributed by atoms with van der Waals surface area (Å²) < 4.78 is 13.2. The third kappa shape index (κ3) is 2.98. The minimum absolute atomic E-state index is 0.189. The van der Waals surface area contributed by atoms with E-state index in [1.54, 1.807) is 0 Å². The predicted octanol–water partition coefficient (Wildman–Crippen LogP) is 5.62. The molecule has 0 aliphatic heterocycles. The molecule has 0 unspecified atom stereocenters. The van der Waals surface area contributed by atoms with Crippen molar-refractivity contribution in [1.29, 1.82) is 0 Å². The minimum atomic E-state index is -0.189. The second kappa shape index (κ2) is 6.51. The van der Waals surface area contributed by atoms with Crippen molar-refractivity contribution in [2.75, 3.05) is 0 Å². The van der Waals surface area contributed by atoms with Crippen LogP contribution >= 0.6 is 0 Å². The van der Waals surface area contributed by atoms with Gasteiger partial charge >= 0.3 is 0 Å². The average Bonchev–Trinajstić information content (AvgIpc) is 2.49. The molecule has 0 N–H and O–H groups in total. The van der Waals surface area contributed by atoms with Gasteiger partial charge in [0, 0.05) is 0 Å². The summed E-state index contributed by atoms with van der Waals surface area (Å²) in [6, 6.07) is 15.3. The third-order valence-corrected chi connectivity index (χ3v) is 3.76. The number of aryl methyl sites for hydroxylation is 1. The smallest absolute Gasteiger partial charge is 0.123 e. The first-order valence-corrected chi connectivity index (χ1v) is 7.21. The first-order chi connectivity index (χ1) is 9.67. The normalized spacial score (nSPS) is 12.2. The summed E-state index contributed by atoms with van der Waals surface area (Å²) in [4.78, 5) is 0. The highest BCUT2D eigenvalue weighted by Gasteiger charge is 2.11. The molecular formula is C19H21F. The van der Waals surface area contributed by atoms with Gasteiger partial charge in [-0.3, -0.25) is 0 Å². The van der Waals surface area contributed by atoms with E-state index in [-0.39, 0.29) is 5.82 Å². The van der Waals surface area contributed by atoms with E-state index in [9.17, 15) is 4.39 Å². The van der Waals surface area contributed by atoms with E-state index < -0.39 is 0 Å². The molecule has 0 aliphatic rings.